The minimum Gasteiger partial charge on any atom is -0.493 e. The van der Waals surface area contributed by atoms with Gasteiger partial charge in [0.25, 0.3) is 0 Å². The van der Waals surface area contributed by atoms with Gasteiger partial charge in [0.05, 0.1) is 27.1 Å². The lowest BCUT2D eigenvalue weighted by molar-refractivity contribution is -0.111. The Morgan fingerprint density at radius 3 is 2.54 bits per heavy atom. The van der Waals surface area contributed by atoms with Crippen molar-refractivity contribution in [3.63, 3.8) is 0 Å². The van der Waals surface area contributed by atoms with Gasteiger partial charge in [0.2, 0.25) is 5.91 Å². The predicted octanol–water partition coefficient (Wildman–Crippen LogP) is 6.70. The van der Waals surface area contributed by atoms with Crippen LogP contribution in [0.2, 0.25) is 0 Å². The Morgan fingerprint density at radius 2 is 1.83 bits per heavy atom. The molecular weight excluding hydrogens is 449 g/mol. The minimum absolute atomic E-state index is 0.372. The highest BCUT2D eigenvalue weighted by Gasteiger charge is 2.17. The molecule has 35 heavy (non-hydrogen) atoms. The first-order valence-electron chi connectivity index (χ1n) is 11.1. The highest BCUT2D eigenvalue weighted by atomic mass is 19.1. The summed E-state index contributed by atoms with van der Waals surface area (Å²) in [4.78, 5) is 12.6. The summed E-state index contributed by atoms with van der Waals surface area (Å²) in [5.74, 6) is 1.04. The van der Waals surface area contributed by atoms with Crippen LogP contribution >= 0.6 is 0 Å². The van der Waals surface area contributed by atoms with Gasteiger partial charge in [-0.1, -0.05) is 12.1 Å². The summed E-state index contributed by atoms with van der Waals surface area (Å²) in [6.45, 7) is 4.16. The zero-order valence-electron chi connectivity index (χ0n) is 20.0. The number of hydrogen-bond acceptors (Lipinski definition) is 5. The average Bonchev–Trinajstić information content (AvgIpc) is 3.26. The standard InChI is InChI=1S/C28H26FNO5/c1-5-34-25-15-26-22(23(16-35-26)18-9-10-24(32-3)27(12-18)33-4)14-21(25)17(2)11-28(31)30-20-8-6-7-19(29)13-20/h6-16H,5H2,1-4H3,(H,30,31)/b17-11+. The van der Waals surface area contributed by atoms with Gasteiger partial charge in [-0.2, -0.15) is 0 Å². The van der Waals surface area contributed by atoms with Crippen LogP contribution in [0.1, 0.15) is 19.4 Å². The molecule has 6 nitrogen and oxygen atoms in total. The summed E-state index contributed by atoms with van der Waals surface area (Å²) in [7, 11) is 3.18. The fourth-order valence-electron chi connectivity index (χ4n) is 3.88. The number of rotatable bonds is 8. The van der Waals surface area contributed by atoms with Gasteiger partial charge in [-0.25, -0.2) is 4.39 Å². The van der Waals surface area contributed by atoms with E-state index < -0.39 is 5.82 Å². The molecule has 0 unspecified atom stereocenters. The van der Waals surface area contributed by atoms with Gasteiger partial charge in [0.15, 0.2) is 11.5 Å². The molecule has 3 aromatic carbocycles. The number of halogens is 1. The van der Waals surface area contributed by atoms with Gasteiger partial charge in [-0.15, -0.1) is 0 Å². The number of benzene rings is 3. The van der Waals surface area contributed by atoms with Crippen molar-refractivity contribution in [1.82, 2.24) is 0 Å². The number of carbonyl (C=O) groups excluding carboxylic acids is 1. The van der Waals surface area contributed by atoms with E-state index in [9.17, 15) is 9.18 Å². The van der Waals surface area contributed by atoms with Crippen molar-refractivity contribution < 1.29 is 27.8 Å². The average molecular weight is 476 g/mol. The number of fused-ring (bicyclic) bond motifs is 1. The van der Waals surface area contributed by atoms with Gasteiger partial charge in [-0.05, 0) is 61.4 Å². The Labute approximate surface area is 202 Å². The van der Waals surface area contributed by atoms with Crippen LogP contribution in [-0.4, -0.2) is 26.7 Å². The first-order valence-corrected chi connectivity index (χ1v) is 11.1. The number of allylic oxidation sites excluding steroid dienone is 1. The first kappa shape index (κ1) is 23.9. The lowest BCUT2D eigenvalue weighted by atomic mass is 9.99. The molecule has 0 aliphatic carbocycles. The van der Waals surface area contributed by atoms with Crippen LogP contribution in [0.15, 0.2) is 71.4 Å². The highest BCUT2D eigenvalue weighted by molar-refractivity contribution is 6.05. The van der Waals surface area contributed by atoms with Gasteiger partial charge in [0.1, 0.15) is 17.1 Å². The zero-order chi connectivity index (χ0) is 24.9. The molecule has 7 heteroatoms. The van der Waals surface area contributed by atoms with Crippen molar-refractivity contribution in [2.75, 3.05) is 26.1 Å². The molecule has 1 amide bonds. The first-order chi connectivity index (χ1) is 16.9. The van der Waals surface area contributed by atoms with Crippen molar-refractivity contribution in [2.24, 2.45) is 0 Å². The number of hydrogen-bond donors (Lipinski definition) is 1. The Morgan fingerprint density at radius 1 is 1.03 bits per heavy atom. The van der Waals surface area contributed by atoms with Crippen LogP contribution in [0.3, 0.4) is 0 Å². The third-order valence-corrected chi connectivity index (χ3v) is 5.53. The predicted molar refractivity (Wildman–Crippen MR) is 135 cm³/mol. The minimum atomic E-state index is -0.421. The van der Waals surface area contributed by atoms with E-state index in [1.807, 2.05) is 44.2 Å². The second-order valence-electron chi connectivity index (χ2n) is 7.82. The molecule has 180 valence electrons. The summed E-state index contributed by atoms with van der Waals surface area (Å²) in [5, 5.41) is 3.54. The molecule has 0 aliphatic rings. The summed E-state index contributed by atoms with van der Waals surface area (Å²) < 4.78 is 35.9. The number of furan rings is 1. The molecule has 1 N–H and O–H groups in total. The maximum atomic E-state index is 13.5. The van der Waals surface area contributed by atoms with Gasteiger partial charge in [-0.3, -0.25) is 4.79 Å². The Bertz CT molecular complexity index is 1410. The Hall–Kier alpha value is -4.26. The lowest BCUT2D eigenvalue weighted by Crippen LogP contribution is -2.09. The molecule has 0 fully saturated rings. The van der Waals surface area contributed by atoms with Crippen LogP contribution in [0.25, 0.3) is 27.7 Å². The van der Waals surface area contributed by atoms with Gasteiger partial charge < -0.3 is 23.9 Å². The van der Waals surface area contributed by atoms with E-state index in [1.165, 1.54) is 24.3 Å². The van der Waals surface area contributed by atoms with Crippen molar-refractivity contribution in [2.45, 2.75) is 13.8 Å². The molecule has 0 saturated heterocycles. The molecule has 0 spiro atoms. The molecule has 0 bridgehead atoms. The van der Waals surface area contributed by atoms with Gasteiger partial charge >= 0.3 is 0 Å². The van der Waals surface area contributed by atoms with Gasteiger partial charge in [0, 0.05) is 34.3 Å². The molecule has 4 rings (SSSR count). The van der Waals surface area contributed by atoms with Crippen molar-refractivity contribution in [3.8, 4) is 28.4 Å². The second kappa shape index (κ2) is 10.3. The quantitative estimate of drug-likeness (QED) is 0.287. The van der Waals surface area contributed by atoms with E-state index >= 15 is 0 Å². The topological polar surface area (TPSA) is 69.9 Å². The summed E-state index contributed by atoms with van der Waals surface area (Å²) in [6, 6.07) is 15.2. The smallest absolute Gasteiger partial charge is 0.248 e. The normalized spacial score (nSPS) is 11.4. The van der Waals surface area contributed by atoms with E-state index in [0.29, 0.717) is 40.7 Å². The molecule has 0 aliphatic heterocycles. The molecule has 1 aromatic heterocycles. The maximum absolute atomic E-state index is 13.5. The van der Waals surface area contributed by atoms with Crippen LogP contribution in [0.5, 0.6) is 17.2 Å². The van der Waals surface area contributed by atoms with E-state index in [1.54, 1.807) is 26.5 Å². The number of nitrogens with one attached hydrogen (secondary N) is 1. The maximum Gasteiger partial charge on any atom is 0.248 e. The lowest BCUT2D eigenvalue weighted by Gasteiger charge is -2.12. The summed E-state index contributed by atoms with van der Waals surface area (Å²) in [5.41, 5.74) is 4.22. The molecule has 0 atom stereocenters. The third-order valence-electron chi connectivity index (χ3n) is 5.53. The molecule has 0 saturated carbocycles. The Balaban J connectivity index is 1.74. The molecular formula is C28H26FNO5. The fraction of sp³-hybridized carbons (Fsp3) is 0.179. The SMILES string of the molecule is CCOc1cc2occ(-c3ccc(OC)c(OC)c3)c2cc1/C(C)=C/C(=O)Nc1cccc(F)c1. The highest BCUT2D eigenvalue weighted by Crippen LogP contribution is 2.40. The number of amides is 1. The number of ether oxygens (including phenoxy) is 3. The van der Waals surface area contributed by atoms with E-state index in [0.717, 1.165) is 22.1 Å². The van der Waals surface area contributed by atoms with Crippen LogP contribution in [0.4, 0.5) is 10.1 Å². The molecule has 4 aromatic rings. The number of anilines is 1. The van der Waals surface area contributed by atoms with E-state index in [-0.39, 0.29) is 5.91 Å². The van der Waals surface area contributed by atoms with Crippen molar-refractivity contribution in [1.29, 1.82) is 0 Å². The second-order valence-corrected chi connectivity index (χ2v) is 7.82. The monoisotopic (exact) mass is 475 g/mol. The van der Waals surface area contributed by atoms with Crippen LogP contribution < -0.4 is 19.5 Å². The summed E-state index contributed by atoms with van der Waals surface area (Å²) >= 11 is 0. The van der Waals surface area contributed by atoms with Crippen LogP contribution in [0, 0.1) is 5.82 Å². The van der Waals surface area contributed by atoms with Crippen molar-refractivity contribution >= 4 is 28.1 Å². The van der Waals surface area contributed by atoms with Crippen LogP contribution in [-0.2, 0) is 4.79 Å². The summed E-state index contributed by atoms with van der Waals surface area (Å²) in [6.07, 6.45) is 3.14. The Kier molecular flexibility index (Phi) is 7.06. The van der Waals surface area contributed by atoms with E-state index in [2.05, 4.69) is 5.32 Å². The van der Waals surface area contributed by atoms with Crippen molar-refractivity contribution in [3.05, 3.63) is 78.3 Å². The third kappa shape index (κ3) is 5.14. The zero-order valence-corrected chi connectivity index (χ0v) is 20.0. The van der Waals surface area contributed by atoms with E-state index in [4.69, 9.17) is 18.6 Å². The number of methoxy groups -OCH3 is 2. The largest absolute Gasteiger partial charge is 0.493 e. The molecule has 0 radical (unpaired) electrons. The number of carbonyl (C=O) groups is 1. The molecule has 1 heterocycles. The fourth-order valence-corrected chi connectivity index (χ4v) is 3.88.